The highest BCUT2D eigenvalue weighted by molar-refractivity contribution is 5.79. The summed E-state index contributed by atoms with van der Waals surface area (Å²) in [6.45, 7) is 4.41. The van der Waals surface area contributed by atoms with Crippen LogP contribution in [0.25, 0.3) is 0 Å². The molecule has 5 atom stereocenters. The zero-order chi connectivity index (χ0) is 23.0. The highest BCUT2D eigenvalue weighted by Crippen LogP contribution is 2.30. The van der Waals surface area contributed by atoms with E-state index < -0.39 is 54.5 Å². The maximum Gasteiger partial charge on any atom is 0.303 e. The first kappa shape index (κ1) is 24.0. The van der Waals surface area contributed by atoms with Crippen molar-refractivity contribution in [3.63, 3.8) is 0 Å². The van der Waals surface area contributed by atoms with Crippen molar-refractivity contribution in [3.8, 4) is 0 Å². The normalized spacial score (nSPS) is 25.5. The fourth-order valence-corrected chi connectivity index (χ4v) is 3.02. The summed E-state index contributed by atoms with van der Waals surface area (Å²) in [6, 6.07) is 9.07. The minimum Gasteiger partial charge on any atom is -0.463 e. The van der Waals surface area contributed by atoms with Crippen LogP contribution in [-0.4, -0.2) is 67.3 Å². The lowest BCUT2D eigenvalue weighted by atomic mass is 9.97. The van der Waals surface area contributed by atoms with Crippen molar-refractivity contribution < 1.29 is 42.9 Å². The number of aliphatic imine (C=N–C) groups is 1. The number of carbonyl (C=O) groups is 4. The summed E-state index contributed by atoms with van der Waals surface area (Å²) in [4.78, 5) is 50.8. The molecule has 0 aliphatic carbocycles. The third-order valence-electron chi connectivity index (χ3n) is 4.14. The van der Waals surface area contributed by atoms with Crippen molar-refractivity contribution in [2.24, 2.45) is 4.99 Å². The Bertz CT molecular complexity index is 823. The van der Waals surface area contributed by atoms with E-state index in [4.69, 9.17) is 23.7 Å². The lowest BCUT2D eigenvalue weighted by Gasteiger charge is -2.43. The molecule has 10 heteroatoms. The Hall–Kier alpha value is -3.27. The number of hydrogen-bond donors (Lipinski definition) is 0. The van der Waals surface area contributed by atoms with Gasteiger partial charge >= 0.3 is 23.9 Å². The van der Waals surface area contributed by atoms with Crippen LogP contribution in [0.2, 0.25) is 0 Å². The van der Waals surface area contributed by atoms with Crippen molar-refractivity contribution in [1.82, 2.24) is 0 Å². The quantitative estimate of drug-likeness (QED) is 0.352. The SMILES string of the molecule is CC(=O)OC[C@H]1O[C@@H](N=Cc2ccccc2)[C@H](OC(C)=O)[C@@H](OC(C)=O)[C@H]1OC(C)=O. The van der Waals surface area contributed by atoms with Gasteiger partial charge in [0.15, 0.2) is 24.5 Å². The molecule has 1 fully saturated rings. The third kappa shape index (κ3) is 7.49. The third-order valence-corrected chi connectivity index (χ3v) is 4.14. The molecule has 2 rings (SSSR count). The number of rotatable bonds is 7. The van der Waals surface area contributed by atoms with E-state index in [1.54, 1.807) is 12.1 Å². The number of esters is 4. The topological polar surface area (TPSA) is 127 Å². The Morgan fingerprint density at radius 2 is 1.39 bits per heavy atom. The highest BCUT2D eigenvalue weighted by atomic mass is 16.7. The molecule has 0 saturated carbocycles. The second-order valence-electron chi connectivity index (χ2n) is 6.78. The van der Waals surface area contributed by atoms with Gasteiger partial charge in [-0.05, 0) is 5.56 Å². The molecule has 1 aromatic carbocycles. The van der Waals surface area contributed by atoms with Gasteiger partial charge < -0.3 is 23.7 Å². The number of benzene rings is 1. The van der Waals surface area contributed by atoms with Crippen LogP contribution in [0.15, 0.2) is 35.3 Å². The summed E-state index contributed by atoms with van der Waals surface area (Å²) in [6.07, 6.45) is -4.30. The summed E-state index contributed by atoms with van der Waals surface area (Å²) >= 11 is 0. The standard InChI is InChI=1S/C21H25NO9/c1-12(23)27-11-17-18(28-13(2)24)19(29-14(3)25)20(30-15(4)26)21(31-17)22-10-16-8-6-5-7-9-16/h5-10,17-21H,11H2,1-4H3/t17-,18+,19+,20-,21-/m1/s1. The molecule has 10 nitrogen and oxygen atoms in total. The lowest BCUT2D eigenvalue weighted by Crippen LogP contribution is -2.62. The molecule has 0 radical (unpaired) electrons. The van der Waals surface area contributed by atoms with Crippen LogP contribution in [0, 0.1) is 0 Å². The van der Waals surface area contributed by atoms with Gasteiger partial charge in [-0.2, -0.15) is 0 Å². The molecule has 0 amide bonds. The molecule has 1 aromatic rings. The lowest BCUT2D eigenvalue weighted by molar-refractivity contribution is -0.250. The summed E-state index contributed by atoms with van der Waals surface area (Å²) in [5.41, 5.74) is 0.746. The Morgan fingerprint density at radius 3 is 1.94 bits per heavy atom. The fraction of sp³-hybridized carbons (Fsp3) is 0.476. The molecule has 1 heterocycles. The fourth-order valence-electron chi connectivity index (χ4n) is 3.02. The van der Waals surface area contributed by atoms with Gasteiger partial charge in [0.1, 0.15) is 12.7 Å². The smallest absolute Gasteiger partial charge is 0.303 e. The number of hydrogen-bond acceptors (Lipinski definition) is 10. The zero-order valence-corrected chi connectivity index (χ0v) is 17.7. The maximum atomic E-state index is 11.8. The van der Waals surface area contributed by atoms with Crippen LogP contribution in [0.4, 0.5) is 0 Å². The largest absolute Gasteiger partial charge is 0.463 e. The summed E-state index contributed by atoms with van der Waals surface area (Å²) in [5, 5.41) is 0. The van der Waals surface area contributed by atoms with Gasteiger partial charge in [0.05, 0.1) is 0 Å². The van der Waals surface area contributed by atoms with Gasteiger partial charge in [-0.3, -0.25) is 24.2 Å². The van der Waals surface area contributed by atoms with E-state index >= 15 is 0 Å². The highest BCUT2D eigenvalue weighted by Gasteiger charge is 2.52. The zero-order valence-electron chi connectivity index (χ0n) is 17.7. The van der Waals surface area contributed by atoms with E-state index in [1.807, 2.05) is 18.2 Å². The van der Waals surface area contributed by atoms with Gasteiger partial charge in [-0.25, -0.2) is 0 Å². The molecule has 0 N–H and O–H groups in total. The van der Waals surface area contributed by atoms with Crippen molar-refractivity contribution in [1.29, 1.82) is 0 Å². The predicted molar refractivity (Wildman–Crippen MR) is 106 cm³/mol. The van der Waals surface area contributed by atoms with E-state index in [-0.39, 0.29) is 6.61 Å². The van der Waals surface area contributed by atoms with Crippen LogP contribution >= 0.6 is 0 Å². The van der Waals surface area contributed by atoms with Gasteiger partial charge in [0.2, 0.25) is 0 Å². The number of nitrogens with zero attached hydrogens (tertiary/aromatic N) is 1. The minimum absolute atomic E-state index is 0.296. The van der Waals surface area contributed by atoms with Gasteiger partial charge in [0, 0.05) is 33.9 Å². The van der Waals surface area contributed by atoms with Crippen molar-refractivity contribution in [2.45, 2.75) is 58.3 Å². The average molecular weight is 435 g/mol. The van der Waals surface area contributed by atoms with Crippen molar-refractivity contribution >= 4 is 30.1 Å². The monoisotopic (exact) mass is 435 g/mol. The van der Waals surface area contributed by atoms with Gasteiger partial charge in [0.25, 0.3) is 0 Å². The molecule has 1 aliphatic rings. The second kappa shape index (κ2) is 11.2. The van der Waals surface area contributed by atoms with Crippen LogP contribution in [0.1, 0.15) is 33.3 Å². The van der Waals surface area contributed by atoms with Crippen molar-refractivity contribution in [2.75, 3.05) is 6.61 Å². The van der Waals surface area contributed by atoms with E-state index in [9.17, 15) is 19.2 Å². The van der Waals surface area contributed by atoms with E-state index in [0.29, 0.717) is 0 Å². The molecule has 0 unspecified atom stereocenters. The Morgan fingerprint density at radius 1 is 0.839 bits per heavy atom. The first-order chi connectivity index (χ1) is 14.7. The maximum absolute atomic E-state index is 11.8. The van der Waals surface area contributed by atoms with E-state index in [1.165, 1.54) is 20.1 Å². The predicted octanol–water partition coefficient (Wildman–Crippen LogP) is 1.19. The molecule has 168 valence electrons. The van der Waals surface area contributed by atoms with E-state index in [2.05, 4.69) is 4.99 Å². The van der Waals surface area contributed by atoms with Crippen LogP contribution < -0.4 is 0 Å². The molecule has 0 aromatic heterocycles. The molecule has 31 heavy (non-hydrogen) atoms. The van der Waals surface area contributed by atoms with Crippen LogP contribution in [-0.2, 0) is 42.9 Å². The summed E-state index contributed by atoms with van der Waals surface area (Å²) < 4.78 is 26.9. The first-order valence-corrected chi connectivity index (χ1v) is 9.56. The van der Waals surface area contributed by atoms with Gasteiger partial charge in [-0.15, -0.1) is 0 Å². The number of carbonyl (C=O) groups excluding carboxylic acids is 4. The van der Waals surface area contributed by atoms with Crippen molar-refractivity contribution in [3.05, 3.63) is 35.9 Å². The summed E-state index contributed by atoms with van der Waals surface area (Å²) in [5.74, 6) is -2.64. The molecule has 1 aliphatic heterocycles. The van der Waals surface area contributed by atoms with E-state index in [0.717, 1.165) is 19.4 Å². The van der Waals surface area contributed by atoms with Crippen LogP contribution in [0.3, 0.4) is 0 Å². The average Bonchev–Trinajstić information content (AvgIpc) is 2.68. The summed E-state index contributed by atoms with van der Waals surface area (Å²) in [7, 11) is 0. The minimum atomic E-state index is -1.24. The van der Waals surface area contributed by atoms with Crippen LogP contribution in [0.5, 0.6) is 0 Å². The molecule has 0 bridgehead atoms. The molecular weight excluding hydrogens is 410 g/mol. The molecule has 0 spiro atoms. The second-order valence-corrected chi connectivity index (χ2v) is 6.78. The molecular formula is C21H25NO9. The number of ether oxygens (including phenoxy) is 5. The van der Waals surface area contributed by atoms with Gasteiger partial charge in [-0.1, -0.05) is 30.3 Å². The molecule has 1 saturated heterocycles. The Balaban J connectivity index is 2.43. The Labute approximate surface area is 179 Å². The Kier molecular flexibility index (Phi) is 8.68. The first-order valence-electron chi connectivity index (χ1n) is 9.56.